The van der Waals surface area contributed by atoms with E-state index in [-0.39, 0.29) is 17.7 Å². The number of carbonyl (C=O) groups is 2. The summed E-state index contributed by atoms with van der Waals surface area (Å²) in [6, 6.07) is 7.16. The van der Waals surface area contributed by atoms with Crippen LogP contribution in [0.1, 0.15) is 39.9 Å². The van der Waals surface area contributed by atoms with E-state index in [4.69, 9.17) is 4.74 Å². The Balaban J connectivity index is 1.37. The van der Waals surface area contributed by atoms with Crippen LogP contribution in [0, 0.1) is 5.92 Å². The zero-order chi connectivity index (χ0) is 18.1. The predicted molar refractivity (Wildman–Crippen MR) is 96.8 cm³/mol. The van der Waals surface area contributed by atoms with Crippen LogP contribution in [0.15, 0.2) is 24.3 Å². The third kappa shape index (κ3) is 3.61. The lowest BCUT2D eigenvalue weighted by Crippen LogP contribution is -2.57. The lowest BCUT2D eigenvalue weighted by molar-refractivity contribution is 0.0620. The van der Waals surface area contributed by atoms with Crippen molar-refractivity contribution in [1.29, 1.82) is 0 Å². The van der Waals surface area contributed by atoms with Crippen molar-refractivity contribution in [3.8, 4) is 10.9 Å². The van der Waals surface area contributed by atoms with E-state index in [0.717, 1.165) is 31.0 Å². The van der Waals surface area contributed by atoms with Crippen LogP contribution in [-0.2, 0) is 0 Å². The number of fused-ring (bicyclic) bond motifs is 3. The van der Waals surface area contributed by atoms with Crippen LogP contribution in [0.5, 0.6) is 10.9 Å². The third-order valence-electron chi connectivity index (χ3n) is 5.00. The smallest absolute Gasteiger partial charge is 0.299 e. The average molecular weight is 372 g/mol. The van der Waals surface area contributed by atoms with E-state index < -0.39 is 0 Å². The van der Waals surface area contributed by atoms with Crippen LogP contribution in [-0.4, -0.2) is 52.5 Å². The van der Waals surface area contributed by atoms with Crippen LogP contribution in [0.2, 0.25) is 0 Å². The molecule has 1 aromatic heterocycles. The summed E-state index contributed by atoms with van der Waals surface area (Å²) in [7, 11) is 0. The van der Waals surface area contributed by atoms with Gasteiger partial charge in [-0.05, 0) is 56.1 Å². The third-order valence-corrected chi connectivity index (χ3v) is 5.90. The first-order valence-electron chi connectivity index (χ1n) is 8.74. The fourth-order valence-electron chi connectivity index (χ4n) is 3.55. The maximum atomic E-state index is 12.5. The molecule has 136 valence electrons. The molecule has 7 nitrogen and oxygen atoms in total. The summed E-state index contributed by atoms with van der Waals surface area (Å²) in [5.41, 5.74) is 0.607. The van der Waals surface area contributed by atoms with E-state index in [1.54, 1.807) is 24.3 Å². The van der Waals surface area contributed by atoms with Gasteiger partial charge < -0.3 is 15.0 Å². The zero-order valence-corrected chi connectivity index (χ0v) is 15.3. The number of piperidine rings is 3. The van der Waals surface area contributed by atoms with Gasteiger partial charge in [0.1, 0.15) is 5.75 Å². The van der Waals surface area contributed by atoms with E-state index in [2.05, 4.69) is 20.4 Å². The van der Waals surface area contributed by atoms with Gasteiger partial charge in [0.25, 0.3) is 11.1 Å². The second-order valence-corrected chi connectivity index (χ2v) is 7.71. The van der Waals surface area contributed by atoms with Crippen molar-refractivity contribution in [3.05, 3.63) is 34.8 Å². The van der Waals surface area contributed by atoms with E-state index in [1.165, 1.54) is 19.8 Å². The van der Waals surface area contributed by atoms with Crippen LogP contribution < -0.4 is 10.1 Å². The van der Waals surface area contributed by atoms with Gasteiger partial charge in [0, 0.05) is 25.1 Å². The highest BCUT2D eigenvalue weighted by Crippen LogP contribution is 2.28. The summed E-state index contributed by atoms with van der Waals surface area (Å²) in [4.78, 5) is 26.2. The molecule has 0 saturated carbocycles. The van der Waals surface area contributed by atoms with Crippen molar-refractivity contribution < 1.29 is 14.3 Å². The summed E-state index contributed by atoms with van der Waals surface area (Å²) in [5, 5.41) is 11.4. The molecule has 1 N–H and O–H groups in total. The normalized spacial score (nSPS) is 24.3. The number of ketones is 1. The molecule has 3 saturated heterocycles. The van der Waals surface area contributed by atoms with Gasteiger partial charge in [0.2, 0.25) is 0 Å². The van der Waals surface area contributed by atoms with Crippen LogP contribution in [0.4, 0.5) is 0 Å². The summed E-state index contributed by atoms with van der Waals surface area (Å²) < 4.78 is 5.59. The minimum absolute atomic E-state index is 0.0509. The van der Waals surface area contributed by atoms with Crippen LogP contribution in [0.25, 0.3) is 0 Å². The van der Waals surface area contributed by atoms with Gasteiger partial charge >= 0.3 is 0 Å². The summed E-state index contributed by atoms with van der Waals surface area (Å²) in [6.45, 7) is 4.69. The van der Waals surface area contributed by atoms with Crippen molar-refractivity contribution in [2.75, 3.05) is 19.6 Å². The van der Waals surface area contributed by atoms with Crippen molar-refractivity contribution in [3.63, 3.8) is 0 Å². The lowest BCUT2D eigenvalue weighted by Gasteiger charge is -2.44. The molecule has 3 aliphatic heterocycles. The van der Waals surface area contributed by atoms with Gasteiger partial charge in [0.05, 0.1) is 0 Å². The Hall–Kier alpha value is -2.32. The Morgan fingerprint density at radius 3 is 2.50 bits per heavy atom. The van der Waals surface area contributed by atoms with Gasteiger partial charge in [-0.2, -0.15) is 0 Å². The first kappa shape index (κ1) is 17.1. The molecule has 1 unspecified atom stereocenters. The molecule has 0 spiro atoms. The van der Waals surface area contributed by atoms with E-state index in [9.17, 15) is 9.59 Å². The van der Waals surface area contributed by atoms with Crippen molar-refractivity contribution in [2.24, 2.45) is 5.92 Å². The number of amides is 1. The summed E-state index contributed by atoms with van der Waals surface area (Å²) >= 11 is 1.10. The molecular formula is C18H20N4O3S. The average Bonchev–Trinajstić information content (AvgIpc) is 3.12. The Kier molecular flexibility index (Phi) is 4.69. The Labute approximate surface area is 155 Å². The van der Waals surface area contributed by atoms with Gasteiger partial charge in [0.15, 0.2) is 10.8 Å². The number of Topliss-reactive ketones (excluding diaryl/α,β-unsaturated/α-hetero) is 1. The van der Waals surface area contributed by atoms with E-state index in [0.29, 0.717) is 27.4 Å². The van der Waals surface area contributed by atoms with Gasteiger partial charge in [-0.25, -0.2) is 0 Å². The minimum atomic E-state index is -0.142. The number of aromatic nitrogens is 2. The first-order valence-corrected chi connectivity index (χ1v) is 9.56. The predicted octanol–water partition coefficient (Wildman–Crippen LogP) is 2.36. The highest BCUT2D eigenvalue weighted by molar-refractivity contribution is 7.15. The molecule has 2 bridgehead atoms. The molecular weight excluding hydrogens is 352 g/mol. The number of carbonyl (C=O) groups excluding carboxylic acids is 2. The fraction of sp³-hybridized carbons (Fsp3) is 0.444. The molecule has 3 aliphatic rings. The number of ether oxygens (including phenoxy) is 1. The van der Waals surface area contributed by atoms with Gasteiger partial charge in [-0.1, -0.05) is 16.4 Å². The Morgan fingerprint density at radius 1 is 1.19 bits per heavy atom. The highest BCUT2D eigenvalue weighted by atomic mass is 32.1. The lowest BCUT2D eigenvalue weighted by atomic mass is 9.84. The molecule has 2 aromatic rings. The molecule has 0 aliphatic carbocycles. The molecule has 26 heavy (non-hydrogen) atoms. The van der Waals surface area contributed by atoms with Crippen LogP contribution in [0.3, 0.4) is 0 Å². The molecule has 1 amide bonds. The molecule has 3 fully saturated rings. The topological polar surface area (TPSA) is 84.4 Å². The molecule has 8 heteroatoms. The quantitative estimate of drug-likeness (QED) is 0.811. The highest BCUT2D eigenvalue weighted by Gasteiger charge is 2.34. The fourth-order valence-corrected chi connectivity index (χ4v) is 4.16. The Morgan fingerprint density at radius 2 is 1.92 bits per heavy atom. The maximum absolute atomic E-state index is 12.5. The van der Waals surface area contributed by atoms with E-state index >= 15 is 0 Å². The van der Waals surface area contributed by atoms with Crippen molar-refractivity contribution in [1.82, 2.24) is 20.4 Å². The van der Waals surface area contributed by atoms with Gasteiger partial charge in [-0.15, -0.1) is 5.10 Å². The number of benzene rings is 1. The first-order chi connectivity index (χ1) is 12.6. The SMILES string of the molecule is CC(=O)c1nnc(Oc2ccc(C(=O)NC3CN4CCC3CC4)cc2)s1. The largest absolute Gasteiger partial charge is 0.430 e. The van der Waals surface area contributed by atoms with E-state index in [1.807, 2.05) is 0 Å². The number of hydrogen-bond donors (Lipinski definition) is 1. The van der Waals surface area contributed by atoms with Gasteiger partial charge in [-0.3, -0.25) is 9.59 Å². The summed E-state index contributed by atoms with van der Waals surface area (Å²) in [6.07, 6.45) is 2.34. The minimum Gasteiger partial charge on any atom is -0.430 e. The molecule has 5 rings (SSSR count). The zero-order valence-electron chi connectivity index (χ0n) is 14.5. The number of nitrogens with zero attached hydrogens (tertiary/aromatic N) is 3. The molecule has 1 aromatic carbocycles. The maximum Gasteiger partial charge on any atom is 0.299 e. The standard InChI is InChI=1S/C18H20N4O3S/c1-11(23)17-20-21-18(26-17)25-14-4-2-13(3-5-14)16(24)19-15-10-22-8-6-12(15)7-9-22/h2-5,12,15H,6-10H2,1H3,(H,19,24). The van der Waals surface area contributed by atoms with Crippen molar-refractivity contribution >= 4 is 23.0 Å². The number of rotatable bonds is 5. The summed E-state index contributed by atoms with van der Waals surface area (Å²) in [5.74, 6) is 0.956. The number of nitrogens with one attached hydrogen (secondary N) is 1. The number of hydrogen-bond acceptors (Lipinski definition) is 7. The van der Waals surface area contributed by atoms with Crippen LogP contribution >= 0.6 is 11.3 Å². The molecule has 1 atom stereocenters. The molecule has 4 heterocycles. The monoisotopic (exact) mass is 372 g/mol. The second-order valence-electron chi connectivity index (χ2n) is 6.77. The Bertz CT molecular complexity index is 812. The van der Waals surface area contributed by atoms with Crippen molar-refractivity contribution in [2.45, 2.75) is 25.8 Å². The second kappa shape index (κ2) is 7.13. The molecule has 0 radical (unpaired) electrons.